The Morgan fingerprint density at radius 3 is 2.39 bits per heavy atom. The van der Waals surface area contributed by atoms with E-state index in [0.717, 1.165) is 18.2 Å². The van der Waals surface area contributed by atoms with Crippen LogP contribution in [0.4, 0.5) is 8.78 Å². The fourth-order valence-corrected chi connectivity index (χ4v) is 1.44. The van der Waals surface area contributed by atoms with Crippen molar-refractivity contribution in [1.82, 2.24) is 4.98 Å². The average Bonchev–Trinajstić information content (AvgIpc) is 2.27. The van der Waals surface area contributed by atoms with Gasteiger partial charge in [-0.2, -0.15) is 0 Å². The van der Waals surface area contributed by atoms with Crippen molar-refractivity contribution in [3.63, 3.8) is 0 Å². The minimum Gasteiger partial charge on any atom is -0.457 e. The van der Waals surface area contributed by atoms with Crippen LogP contribution in [0.2, 0.25) is 0 Å². The van der Waals surface area contributed by atoms with E-state index in [0.29, 0.717) is 11.4 Å². The van der Waals surface area contributed by atoms with Gasteiger partial charge in [-0.15, -0.1) is 0 Å². The van der Waals surface area contributed by atoms with Gasteiger partial charge < -0.3 is 10.5 Å². The number of nitrogens with two attached hydrogens (primary N) is 1. The molecule has 6 heteroatoms. The summed E-state index contributed by atoms with van der Waals surface area (Å²) in [4.78, 5) is 4.04. The fraction of sp³-hybridized carbons (Fsp3) is 0. The van der Waals surface area contributed by atoms with E-state index in [4.69, 9.17) is 22.7 Å². The van der Waals surface area contributed by atoms with Gasteiger partial charge in [0.1, 0.15) is 33.8 Å². The van der Waals surface area contributed by atoms with E-state index in [-0.39, 0.29) is 10.7 Å². The molecule has 0 aliphatic heterocycles. The van der Waals surface area contributed by atoms with Gasteiger partial charge in [-0.05, 0) is 6.07 Å². The molecule has 0 saturated carbocycles. The van der Waals surface area contributed by atoms with Crippen LogP contribution in [0.25, 0.3) is 0 Å². The summed E-state index contributed by atoms with van der Waals surface area (Å²) >= 11 is 4.77. The highest BCUT2D eigenvalue weighted by atomic mass is 32.1. The highest BCUT2D eigenvalue weighted by Crippen LogP contribution is 2.23. The maximum atomic E-state index is 13.0. The van der Waals surface area contributed by atoms with Gasteiger partial charge >= 0.3 is 0 Å². The molecule has 0 fully saturated rings. The second-order valence-electron chi connectivity index (χ2n) is 3.45. The molecular formula is C12H8F2N2OS. The zero-order chi connectivity index (χ0) is 13.1. The second kappa shape index (κ2) is 5.05. The Bertz CT molecular complexity index is 584. The summed E-state index contributed by atoms with van der Waals surface area (Å²) in [6.07, 6.45) is 1.44. The first-order chi connectivity index (χ1) is 8.54. The summed E-state index contributed by atoms with van der Waals surface area (Å²) in [5.74, 6) is -1.03. The molecule has 0 aliphatic rings. The summed E-state index contributed by atoms with van der Waals surface area (Å²) in [5, 5.41) is 0. The number of thiocarbonyl (C=S) groups is 1. The van der Waals surface area contributed by atoms with Crippen LogP contribution in [0.15, 0.2) is 36.5 Å². The number of pyridine rings is 1. The molecule has 18 heavy (non-hydrogen) atoms. The van der Waals surface area contributed by atoms with Crippen LogP contribution in [0, 0.1) is 11.6 Å². The Hall–Kier alpha value is -2.08. The number of aromatic nitrogens is 1. The Morgan fingerprint density at radius 2 is 1.78 bits per heavy atom. The monoisotopic (exact) mass is 266 g/mol. The first kappa shape index (κ1) is 12.4. The van der Waals surface area contributed by atoms with E-state index in [1.165, 1.54) is 18.3 Å². The quantitative estimate of drug-likeness (QED) is 0.868. The predicted octanol–water partition coefficient (Wildman–Crippen LogP) is 2.79. The molecule has 0 saturated heterocycles. The Morgan fingerprint density at radius 1 is 1.11 bits per heavy atom. The maximum Gasteiger partial charge on any atom is 0.133 e. The van der Waals surface area contributed by atoms with Crippen LogP contribution < -0.4 is 10.5 Å². The van der Waals surface area contributed by atoms with E-state index < -0.39 is 11.6 Å². The number of hydrogen-bond acceptors (Lipinski definition) is 3. The summed E-state index contributed by atoms with van der Waals surface area (Å²) in [5.41, 5.74) is 5.79. The first-order valence-corrected chi connectivity index (χ1v) is 5.35. The van der Waals surface area contributed by atoms with Crippen molar-refractivity contribution in [2.24, 2.45) is 5.73 Å². The molecule has 0 bridgehead atoms. The van der Waals surface area contributed by atoms with Crippen LogP contribution in [-0.4, -0.2) is 9.97 Å². The number of benzene rings is 1. The van der Waals surface area contributed by atoms with Crippen LogP contribution in [0.3, 0.4) is 0 Å². The third-order valence-electron chi connectivity index (χ3n) is 2.06. The van der Waals surface area contributed by atoms with Crippen LogP contribution in [-0.2, 0) is 0 Å². The molecule has 1 aromatic heterocycles. The maximum absolute atomic E-state index is 13.0. The van der Waals surface area contributed by atoms with Crippen molar-refractivity contribution in [1.29, 1.82) is 0 Å². The summed E-state index contributed by atoms with van der Waals surface area (Å²) < 4.78 is 31.2. The molecule has 0 radical (unpaired) electrons. The summed E-state index contributed by atoms with van der Waals surface area (Å²) in [6, 6.07) is 5.93. The number of rotatable bonds is 3. The smallest absolute Gasteiger partial charge is 0.133 e. The van der Waals surface area contributed by atoms with Gasteiger partial charge in [0.25, 0.3) is 0 Å². The van der Waals surface area contributed by atoms with E-state index >= 15 is 0 Å². The van der Waals surface area contributed by atoms with E-state index in [9.17, 15) is 8.78 Å². The van der Waals surface area contributed by atoms with Crippen molar-refractivity contribution in [2.45, 2.75) is 0 Å². The van der Waals surface area contributed by atoms with E-state index in [1.807, 2.05) is 0 Å². The molecule has 3 nitrogen and oxygen atoms in total. The highest BCUT2D eigenvalue weighted by molar-refractivity contribution is 7.80. The van der Waals surface area contributed by atoms with Crippen molar-refractivity contribution in [3.8, 4) is 11.5 Å². The summed E-state index contributed by atoms with van der Waals surface area (Å²) in [6.45, 7) is 0. The normalized spacial score (nSPS) is 10.1. The molecule has 0 aliphatic carbocycles. The average molecular weight is 266 g/mol. The first-order valence-electron chi connectivity index (χ1n) is 4.94. The molecule has 2 N–H and O–H groups in total. The van der Waals surface area contributed by atoms with Crippen molar-refractivity contribution < 1.29 is 13.5 Å². The van der Waals surface area contributed by atoms with Crippen molar-refractivity contribution in [3.05, 3.63) is 53.9 Å². The number of hydrogen-bond donors (Lipinski definition) is 1. The standard InChI is InChI=1S/C12H8F2N2OS/c13-7-3-8(14)5-10(4-7)17-9-1-2-16-11(6-9)12(15)18/h1-6H,(H2,15,18). The van der Waals surface area contributed by atoms with Gasteiger partial charge in [0.2, 0.25) is 0 Å². The molecule has 1 aromatic carbocycles. The van der Waals surface area contributed by atoms with Crippen molar-refractivity contribution >= 4 is 17.2 Å². The number of nitrogens with zero attached hydrogens (tertiary/aromatic N) is 1. The molecule has 0 amide bonds. The Balaban J connectivity index is 2.28. The minimum atomic E-state index is -0.714. The second-order valence-corrected chi connectivity index (χ2v) is 3.89. The van der Waals surface area contributed by atoms with Gasteiger partial charge in [-0.1, -0.05) is 12.2 Å². The molecule has 2 aromatic rings. The van der Waals surface area contributed by atoms with Crippen LogP contribution >= 0.6 is 12.2 Å². The lowest BCUT2D eigenvalue weighted by Gasteiger charge is -2.07. The molecule has 2 rings (SSSR count). The van der Waals surface area contributed by atoms with Gasteiger partial charge in [0.15, 0.2) is 0 Å². The molecule has 1 heterocycles. The lowest BCUT2D eigenvalue weighted by molar-refractivity contribution is 0.467. The van der Waals surface area contributed by atoms with E-state index in [2.05, 4.69) is 4.98 Å². The molecule has 0 atom stereocenters. The highest BCUT2D eigenvalue weighted by Gasteiger charge is 2.05. The van der Waals surface area contributed by atoms with Crippen LogP contribution in [0.1, 0.15) is 5.69 Å². The Kier molecular flexibility index (Phi) is 3.47. The lowest BCUT2D eigenvalue weighted by atomic mass is 10.3. The molecule has 92 valence electrons. The zero-order valence-corrected chi connectivity index (χ0v) is 9.88. The topological polar surface area (TPSA) is 48.1 Å². The van der Waals surface area contributed by atoms with Gasteiger partial charge in [0.05, 0.1) is 0 Å². The van der Waals surface area contributed by atoms with Gasteiger partial charge in [0, 0.05) is 30.5 Å². The molecule has 0 unspecified atom stereocenters. The van der Waals surface area contributed by atoms with E-state index in [1.54, 1.807) is 0 Å². The third kappa shape index (κ3) is 2.98. The fourth-order valence-electron chi connectivity index (χ4n) is 1.33. The number of ether oxygens (including phenoxy) is 1. The SMILES string of the molecule is NC(=S)c1cc(Oc2cc(F)cc(F)c2)ccn1. The summed E-state index contributed by atoms with van der Waals surface area (Å²) in [7, 11) is 0. The third-order valence-corrected chi connectivity index (χ3v) is 2.26. The minimum absolute atomic E-state index is 0.0487. The zero-order valence-electron chi connectivity index (χ0n) is 9.06. The van der Waals surface area contributed by atoms with Crippen molar-refractivity contribution in [2.75, 3.05) is 0 Å². The molecular weight excluding hydrogens is 258 g/mol. The number of halogens is 2. The molecule has 0 spiro atoms. The van der Waals surface area contributed by atoms with Crippen LogP contribution in [0.5, 0.6) is 11.5 Å². The van der Waals surface area contributed by atoms with Gasteiger partial charge in [-0.25, -0.2) is 8.78 Å². The Labute approximate surface area is 107 Å². The predicted molar refractivity (Wildman–Crippen MR) is 66.6 cm³/mol. The largest absolute Gasteiger partial charge is 0.457 e. The van der Waals surface area contributed by atoms with Gasteiger partial charge in [-0.3, -0.25) is 4.98 Å². The lowest BCUT2D eigenvalue weighted by Crippen LogP contribution is -2.11.